The van der Waals surface area contributed by atoms with Crippen LogP contribution in [0.3, 0.4) is 0 Å². The van der Waals surface area contributed by atoms with Crippen molar-refractivity contribution in [2.45, 2.75) is 104 Å². The third kappa shape index (κ3) is 8.75. The smallest absolute Gasteiger partial charge is 0.408 e. The highest BCUT2D eigenvalue weighted by Gasteiger charge is 2.48. The van der Waals surface area contributed by atoms with Crippen LogP contribution in [-0.4, -0.2) is 51.1 Å². The van der Waals surface area contributed by atoms with Gasteiger partial charge in [-0.2, -0.15) is 0 Å². The molecule has 0 bridgehead atoms. The summed E-state index contributed by atoms with van der Waals surface area (Å²) in [6.07, 6.45) is 0.474. The van der Waals surface area contributed by atoms with Crippen molar-refractivity contribution in [3.63, 3.8) is 0 Å². The van der Waals surface area contributed by atoms with Gasteiger partial charge in [-0.15, -0.1) is 0 Å². The zero-order valence-corrected chi connectivity index (χ0v) is 22.6. The highest BCUT2D eigenvalue weighted by molar-refractivity contribution is 5.93. The van der Waals surface area contributed by atoms with E-state index in [0.29, 0.717) is 12.0 Å². The van der Waals surface area contributed by atoms with Gasteiger partial charge in [-0.1, -0.05) is 32.9 Å². The van der Waals surface area contributed by atoms with Crippen LogP contribution in [0.25, 0.3) is 0 Å². The van der Waals surface area contributed by atoms with E-state index < -0.39 is 29.3 Å². The molecule has 1 aliphatic carbocycles. The predicted octanol–water partition coefficient (Wildman–Crippen LogP) is 4.52. The SMILES string of the molecule is CC(C)CC(NC(=O)OC(C)(C)C)C(=O)N(C(C(=O)NC(C)(C)C)c1cccc(O)c1)C1CC1C. The van der Waals surface area contributed by atoms with Gasteiger partial charge in [-0.05, 0) is 83.9 Å². The summed E-state index contributed by atoms with van der Waals surface area (Å²) in [6, 6.07) is 4.46. The molecule has 4 unspecified atom stereocenters. The molecule has 1 aromatic rings. The summed E-state index contributed by atoms with van der Waals surface area (Å²) in [5.74, 6) is -0.340. The van der Waals surface area contributed by atoms with E-state index in [1.807, 2.05) is 41.5 Å². The fourth-order valence-electron chi connectivity index (χ4n) is 4.07. The molecule has 4 atom stereocenters. The summed E-state index contributed by atoms with van der Waals surface area (Å²) in [5.41, 5.74) is -0.723. The summed E-state index contributed by atoms with van der Waals surface area (Å²) < 4.78 is 5.42. The Bertz CT molecular complexity index is 916. The van der Waals surface area contributed by atoms with E-state index >= 15 is 0 Å². The van der Waals surface area contributed by atoms with Gasteiger partial charge in [0.2, 0.25) is 11.8 Å². The maximum atomic E-state index is 14.1. The molecule has 35 heavy (non-hydrogen) atoms. The van der Waals surface area contributed by atoms with Crippen molar-refractivity contribution in [3.8, 4) is 5.75 Å². The molecule has 1 fully saturated rings. The Morgan fingerprint density at radius 2 is 1.74 bits per heavy atom. The molecule has 0 heterocycles. The second-order valence-electron chi connectivity index (χ2n) is 12.1. The molecule has 2 rings (SSSR count). The van der Waals surface area contributed by atoms with Crippen LogP contribution in [0.4, 0.5) is 4.79 Å². The van der Waals surface area contributed by atoms with Crippen molar-refractivity contribution in [3.05, 3.63) is 29.8 Å². The molecule has 1 aromatic carbocycles. The van der Waals surface area contributed by atoms with Crippen LogP contribution in [0.5, 0.6) is 5.75 Å². The number of hydrogen-bond donors (Lipinski definition) is 3. The Morgan fingerprint density at radius 1 is 1.14 bits per heavy atom. The van der Waals surface area contributed by atoms with Crippen LogP contribution in [-0.2, 0) is 14.3 Å². The monoisotopic (exact) mass is 489 g/mol. The second kappa shape index (κ2) is 10.9. The number of carbonyl (C=O) groups is 3. The highest BCUT2D eigenvalue weighted by Crippen LogP contribution is 2.41. The molecule has 3 N–H and O–H groups in total. The normalized spacial score (nSPS) is 19.5. The number of nitrogens with zero attached hydrogens (tertiary/aromatic N) is 1. The third-order valence-corrected chi connectivity index (χ3v) is 5.59. The molecular formula is C27H43N3O5. The van der Waals surface area contributed by atoms with Gasteiger partial charge < -0.3 is 25.4 Å². The number of aromatic hydroxyl groups is 1. The van der Waals surface area contributed by atoms with Crippen LogP contribution < -0.4 is 10.6 Å². The molecular weight excluding hydrogens is 446 g/mol. The van der Waals surface area contributed by atoms with Gasteiger partial charge in [-0.25, -0.2) is 4.79 Å². The first kappa shape index (κ1) is 28.5. The first-order valence-corrected chi connectivity index (χ1v) is 12.4. The number of carbonyl (C=O) groups excluding carboxylic acids is 3. The number of phenolic OH excluding ortho intramolecular Hbond substituents is 1. The maximum Gasteiger partial charge on any atom is 0.408 e. The fraction of sp³-hybridized carbons (Fsp3) is 0.667. The molecule has 8 nitrogen and oxygen atoms in total. The quantitative estimate of drug-likeness (QED) is 0.497. The Kier molecular flexibility index (Phi) is 8.84. The van der Waals surface area contributed by atoms with Gasteiger partial charge in [-0.3, -0.25) is 9.59 Å². The van der Waals surface area contributed by atoms with Crippen LogP contribution in [0, 0.1) is 11.8 Å². The summed E-state index contributed by atoms with van der Waals surface area (Å²) in [7, 11) is 0. The van der Waals surface area contributed by atoms with Crippen LogP contribution in [0.15, 0.2) is 24.3 Å². The standard InChI is InChI=1S/C27H43N3O5/c1-16(2)13-20(28-25(34)35-27(7,8)9)24(33)30(21-14-17(21)3)22(23(32)29-26(4,5)6)18-11-10-12-19(31)15-18/h10-12,15-17,20-22,31H,13-14H2,1-9H3,(H,28,34)(H,29,32). The van der Waals surface area contributed by atoms with E-state index in [2.05, 4.69) is 10.6 Å². The molecule has 196 valence electrons. The largest absolute Gasteiger partial charge is 0.508 e. The van der Waals surface area contributed by atoms with Gasteiger partial charge >= 0.3 is 6.09 Å². The Hall–Kier alpha value is -2.77. The van der Waals surface area contributed by atoms with Crippen LogP contribution >= 0.6 is 0 Å². The molecule has 1 aliphatic rings. The summed E-state index contributed by atoms with van der Waals surface area (Å²) in [4.78, 5) is 41.9. The highest BCUT2D eigenvalue weighted by atomic mass is 16.6. The zero-order chi connectivity index (χ0) is 26.7. The summed E-state index contributed by atoms with van der Waals surface area (Å²) in [6.45, 7) is 16.9. The fourth-order valence-corrected chi connectivity index (χ4v) is 4.07. The number of ether oxygens (including phenoxy) is 1. The first-order chi connectivity index (χ1) is 16.0. The molecule has 8 heteroatoms. The van der Waals surface area contributed by atoms with Crippen molar-refractivity contribution in [2.24, 2.45) is 11.8 Å². The van der Waals surface area contributed by atoms with E-state index in [4.69, 9.17) is 4.74 Å². The minimum Gasteiger partial charge on any atom is -0.508 e. The molecule has 0 spiro atoms. The van der Waals surface area contributed by atoms with Gasteiger partial charge in [0.25, 0.3) is 0 Å². The van der Waals surface area contributed by atoms with E-state index in [1.165, 1.54) is 12.1 Å². The lowest BCUT2D eigenvalue weighted by Gasteiger charge is -2.36. The van der Waals surface area contributed by atoms with E-state index in [9.17, 15) is 19.5 Å². The number of alkyl carbamates (subject to hydrolysis) is 1. The Balaban J connectivity index is 2.51. The van der Waals surface area contributed by atoms with Gasteiger partial charge in [0.15, 0.2) is 0 Å². The summed E-state index contributed by atoms with van der Waals surface area (Å²) >= 11 is 0. The predicted molar refractivity (Wildman–Crippen MR) is 136 cm³/mol. The van der Waals surface area contributed by atoms with E-state index in [0.717, 1.165) is 6.42 Å². The van der Waals surface area contributed by atoms with Crippen molar-refractivity contribution in [1.82, 2.24) is 15.5 Å². The molecule has 1 saturated carbocycles. The van der Waals surface area contributed by atoms with Crippen molar-refractivity contribution in [2.75, 3.05) is 0 Å². The average Bonchev–Trinajstić information content (AvgIpc) is 3.37. The number of benzene rings is 1. The van der Waals surface area contributed by atoms with Crippen molar-refractivity contribution in [1.29, 1.82) is 0 Å². The number of nitrogens with one attached hydrogen (secondary N) is 2. The molecule has 0 aromatic heterocycles. The molecule has 0 aliphatic heterocycles. The lowest BCUT2D eigenvalue weighted by atomic mass is 9.97. The lowest BCUT2D eigenvalue weighted by molar-refractivity contribution is -0.144. The van der Waals surface area contributed by atoms with Gasteiger partial charge in [0.1, 0.15) is 23.4 Å². The minimum absolute atomic E-state index is 0.0120. The average molecular weight is 490 g/mol. The Morgan fingerprint density at radius 3 is 2.20 bits per heavy atom. The Labute approximate surface area is 209 Å². The van der Waals surface area contributed by atoms with Gasteiger partial charge in [0.05, 0.1) is 0 Å². The second-order valence-corrected chi connectivity index (χ2v) is 12.1. The zero-order valence-electron chi connectivity index (χ0n) is 22.6. The molecule has 0 saturated heterocycles. The minimum atomic E-state index is -0.959. The van der Waals surface area contributed by atoms with Crippen molar-refractivity contribution < 1.29 is 24.2 Å². The topological polar surface area (TPSA) is 108 Å². The third-order valence-electron chi connectivity index (χ3n) is 5.59. The lowest BCUT2D eigenvalue weighted by Crippen LogP contribution is -2.55. The number of rotatable bonds is 8. The van der Waals surface area contributed by atoms with E-state index in [-0.39, 0.29) is 35.4 Å². The van der Waals surface area contributed by atoms with E-state index in [1.54, 1.807) is 37.8 Å². The van der Waals surface area contributed by atoms with Crippen molar-refractivity contribution >= 4 is 17.9 Å². The number of amides is 3. The maximum absolute atomic E-state index is 14.1. The molecule has 0 radical (unpaired) electrons. The molecule has 3 amide bonds. The van der Waals surface area contributed by atoms with Crippen LogP contribution in [0.1, 0.15) is 86.8 Å². The first-order valence-electron chi connectivity index (χ1n) is 12.4. The number of hydrogen-bond acceptors (Lipinski definition) is 5. The summed E-state index contributed by atoms with van der Waals surface area (Å²) in [5, 5.41) is 15.9. The van der Waals surface area contributed by atoms with Gasteiger partial charge in [0, 0.05) is 11.6 Å². The van der Waals surface area contributed by atoms with Crippen LogP contribution in [0.2, 0.25) is 0 Å². The number of phenols is 1.